The van der Waals surface area contributed by atoms with E-state index in [1.165, 1.54) is 24.3 Å². The van der Waals surface area contributed by atoms with Crippen molar-refractivity contribution in [2.24, 2.45) is 0 Å². The molecular weight excluding hydrogens is 589 g/mol. The van der Waals surface area contributed by atoms with Gasteiger partial charge in [-0.2, -0.15) is 0 Å². The highest BCUT2D eigenvalue weighted by atomic mass is 28.4. The minimum atomic E-state index is -2.20. The Labute approximate surface area is 264 Å². The van der Waals surface area contributed by atoms with Gasteiger partial charge < -0.3 is 8.85 Å². The summed E-state index contributed by atoms with van der Waals surface area (Å²) in [6.07, 6.45) is 2.09. The molecule has 1 aliphatic rings. The van der Waals surface area contributed by atoms with Crippen LogP contribution in [0.15, 0.2) is 84.4 Å². The fraction of sp³-hybridized carbons (Fsp3) is 0.417. The van der Waals surface area contributed by atoms with E-state index < -0.39 is 16.6 Å². The van der Waals surface area contributed by atoms with Crippen molar-refractivity contribution < 1.29 is 22.4 Å². The monoisotopic (exact) mass is 635 g/mol. The Morgan fingerprint density at radius 1 is 0.773 bits per heavy atom. The molecule has 0 saturated carbocycles. The molecule has 4 rings (SSSR count). The van der Waals surface area contributed by atoms with Gasteiger partial charge in [-0.1, -0.05) is 71.9 Å². The standard InChI is InChI=1S/C36H47F2NO3Si2/c1-35(2,3)43(7,8)41-30-21-13-26(14-22-30)33-31(34(40)39(33)29-19-17-28(38)18-20-29)23-24-32(25-11-15-27(37)16-12-25)42-44(9,10)36(4,5)6/h11-23,32-33H,24H2,1-10H3/b31-23-. The normalized spacial score (nSPS) is 17.9. The van der Waals surface area contributed by atoms with Crippen LogP contribution in [0.4, 0.5) is 14.5 Å². The Balaban J connectivity index is 1.69. The van der Waals surface area contributed by atoms with Gasteiger partial charge in [-0.3, -0.25) is 9.69 Å². The molecule has 0 N–H and O–H groups in total. The first kappa shape index (κ1) is 33.8. The van der Waals surface area contributed by atoms with Crippen LogP contribution in [0.2, 0.25) is 36.3 Å². The van der Waals surface area contributed by atoms with E-state index in [-0.39, 0.29) is 39.8 Å². The summed E-state index contributed by atoms with van der Waals surface area (Å²) < 4.78 is 40.9. The summed E-state index contributed by atoms with van der Waals surface area (Å²) in [4.78, 5) is 15.4. The molecule has 1 fully saturated rings. The smallest absolute Gasteiger partial charge is 0.257 e. The van der Waals surface area contributed by atoms with E-state index in [1.54, 1.807) is 29.2 Å². The van der Waals surface area contributed by atoms with Gasteiger partial charge in [0.25, 0.3) is 5.91 Å². The van der Waals surface area contributed by atoms with Crippen LogP contribution >= 0.6 is 0 Å². The number of nitrogens with zero attached hydrogens (tertiary/aromatic N) is 1. The first-order valence-corrected chi connectivity index (χ1v) is 21.1. The first-order valence-electron chi connectivity index (χ1n) is 15.3. The van der Waals surface area contributed by atoms with Crippen molar-refractivity contribution in [1.82, 2.24) is 0 Å². The molecule has 1 aliphatic heterocycles. The van der Waals surface area contributed by atoms with Gasteiger partial charge in [0.1, 0.15) is 17.4 Å². The number of amides is 1. The maximum absolute atomic E-state index is 13.8. The predicted octanol–water partition coefficient (Wildman–Crippen LogP) is 10.5. The van der Waals surface area contributed by atoms with E-state index >= 15 is 0 Å². The lowest BCUT2D eigenvalue weighted by atomic mass is 9.86. The minimum absolute atomic E-state index is 0.0269. The third-order valence-electron chi connectivity index (χ3n) is 9.54. The maximum atomic E-state index is 13.8. The number of hydrogen-bond donors (Lipinski definition) is 0. The van der Waals surface area contributed by atoms with Gasteiger partial charge in [0.05, 0.1) is 12.1 Å². The Hall–Kier alpha value is -3.08. The van der Waals surface area contributed by atoms with E-state index in [9.17, 15) is 13.6 Å². The van der Waals surface area contributed by atoms with Gasteiger partial charge in [0.15, 0.2) is 8.32 Å². The minimum Gasteiger partial charge on any atom is -0.544 e. The van der Waals surface area contributed by atoms with Crippen molar-refractivity contribution in [3.8, 4) is 5.75 Å². The van der Waals surface area contributed by atoms with Crippen molar-refractivity contribution in [3.05, 3.63) is 107 Å². The van der Waals surface area contributed by atoms with E-state index in [2.05, 4.69) is 67.7 Å². The predicted molar refractivity (Wildman–Crippen MR) is 181 cm³/mol. The zero-order valence-electron chi connectivity index (χ0n) is 27.8. The number of β-lactam (4-membered cyclic amide) rings is 1. The summed E-state index contributed by atoms with van der Waals surface area (Å²) >= 11 is 0. The second-order valence-corrected chi connectivity index (χ2v) is 24.3. The van der Waals surface area contributed by atoms with Crippen LogP contribution in [0.25, 0.3) is 0 Å². The molecule has 2 atom stereocenters. The topological polar surface area (TPSA) is 38.8 Å². The lowest BCUT2D eigenvalue weighted by Crippen LogP contribution is -2.49. The maximum Gasteiger partial charge on any atom is 0.257 e. The summed E-state index contributed by atoms with van der Waals surface area (Å²) in [5.74, 6) is 0.0202. The molecule has 3 aromatic rings. The SMILES string of the molecule is CC(C)(C)[Si](C)(C)Oc1ccc(C2/C(=C/CC(O[Si](C)(C)C(C)(C)C)c3ccc(F)cc3)C(=O)N2c2ccc(F)cc2)cc1. The van der Waals surface area contributed by atoms with Crippen molar-refractivity contribution in [2.75, 3.05) is 4.90 Å². The molecule has 8 heteroatoms. The van der Waals surface area contributed by atoms with Crippen LogP contribution in [0.5, 0.6) is 5.75 Å². The quantitative estimate of drug-likeness (QED) is 0.133. The molecule has 1 amide bonds. The molecule has 44 heavy (non-hydrogen) atoms. The molecule has 2 unspecified atom stereocenters. The third-order valence-corrected chi connectivity index (χ3v) is 18.4. The Bertz CT molecular complexity index is 1490. The van der Waals surface area contributed by atoms with Crippen LogP contribution in [0.3, 0.4) is 0 Å². The van der Waals surface area contributed by atoms with E-state index in [1.807, 2.05) is 30.3 Å². The number of carbonyl (C=O) groups is 1. The lowest BCUT2D eigenvalue weighted by Gasteiger charge is -2.44. The first-order chi connectivity index (χ1) is 20.3. The Kier molecular flexibility index (Phi) is 9.51. The van der Waals surface area contributed by atoms with Crippen LogP contribution in [-0.4, -0.2) is 22.5 Å². The fourth-order valence-corrected chi connectivity index (χ4v) is 7.03. The Morgan fingerprint density at radius 2 is 1.27 bits per heavy atom. The molecular formula is C36H47F2NO3Si2. The van der Waals surface area contributed by atoms with Crippen LogP contribution in [0.1, 0.15) is 71.2 Å². The second-order valence-electron chi connectivity index (χ2n) is 14.8. The number of hydrogen-bond acceptors (Lipinski definition) is 3. The largest absolute Gasteiger partial charge is 0.544 e. The number of rotatable bonds is 9. The van der Waals surface area contributed by atoms with E-state index in [0.717, 1.165) is 16.9 Å². The van der Waals surface area contributed by atoms with E-state index in [0.29, 0.717) is 17.7 Å². The molecule has 236 valence electrons. The average Bonchev–Trinajstić information content (AvgIpc) is 2.91. The second kappa shape index (κ2) is 12.4. The highest BCUT2D eigenvalue weighted by molar-refractivity contribution is 6.75. The zero-order valence-corrected chi connectivity index (χ0v) is 29.8. The summed E-state index contributed by atoms with van der Waals surface area (Å²) in [7, 11) is -4.22. The van der Waals surface area contributed by atoms with Crippen LogP contribution in [-0.2, 0) is 9.22 Å². The van der Waals surface area contributed by atoms with Gasteiger partial charge in [0, 0.05) is 11.3 Å². The molecule has 0 bridgehead atoms. The Morgan fingerprint density at radius 3 is 1.77 bits per heavy atom. The molecule has 1 saturated heterocycles. The fourth-order valence-electron chi connectivity index (χ4n) is 4.70. The molecule has 3 aromatic carbocycles. The molecule has 0 spiro atoms. The van der Waals surface area contributed by atoms with E-state index in [4.69, 9.17) is 8.85 Å². The number of halogens is 2. The lowest BCUT2D eigenvalue weighted by molar-refractivity contribution is -0.119. The molecule has 0 aromatic heterocycles. The average molecular weight is 636 g/mol. The van der Waals surface area contributed by atoms with Crippen LogP contribution < -0.4 is 9.33 Å². The number of benzene rings is 3. The summed E-state index contributed by atoms with van der Waals surface area (Å²) in [6.45, 7) is 22.0. The van der Waals surface area contributed by atoms with Gasteiger partial charge in [0.2, 0.25) is 8.32 Å². The molecule has 4 nitrogen and oxygen atoms in total. The highest BCUT2D eigenvalue weighted by Crippen LogP contribution is 2.46. The molecule has 0 aliphatic carbocycles. The highest BCUT2D eigenvalue weighted by Gasteiger charge is 2.45. The summed E-state index contributed by atoms with van der Waals surface area (Å²) in [5.41, 5.74) is 3.09. The van der Waals surface area contributed by atoms with Crippen molar-refractivity contribution in [2.45, 2.75) is 96.4 Å². The number of anilines is 1. The number of carbonyl (C=O) groups excluding carboxylic acids is 1. The van der Waals surface area contributed by atoms with Gasteiger partial charge >= 0.3 is 0 Å². The van der Waals surface area contributed by atoms with Gasteiger partial charge in [-0.05, 0) is 102 Å². The molecule has 0 radical (unpaired) electrons. The summed E-state index contributed by atoms with van der Waals surface area (Å²) in [5, 5.41) is 0.0375. The summed E-state index contributed by atoms with van der Waals surface area (Å²) in [6, 6.07) is 20.0. The van der Waals surface area contributed by atoms with Gasteiger partial charge in [-0.25, -0.2) is 8.78 Å². The van der Waals surface area contributed by atoms with Gasteiger partial charge in [-0.15, -0.1) is 0 Å². The molecule has 1 heterocycles. The third kappa shape index (κ3) is 7.24. The van der Waals surface area contributed by atoms with Crippen LogP contribution in [0, 0.1) is 11.6 Å². The zero-order chi connectivity index (χ0) is 32.7. The van der Waals surface area contributed by atoms with Crippen molar-refractivity contribution >= 4 is 28.2 Å². The van der Waals surface area contributed by atoms with Crippen molar-refractivity contribution in [3.63, 3.8) is 0 Å². The van der Waals surface area contributed by atoms with Crippen molar-refractivity contribution in [1.29, 1.82) is 0 Å².